The molecule has 3 fully saturated rings. The second-order valence-electron chi connectivity index (χ2n) is 6.95. The predicted octanol–water partition coefficient (Wildman–Crippen LogP) is 4.08. The van der Waals surface area contributed by atoms with Gasteiger partial charge in [-0.05, 0) is 56.4 Å². The molecule has 0 bridgehead atoms. The summed E-state index contributed by atoms with van der Waals surface area (Å²) in [6.07, 6.45) is 15.2. The van der Waals surface area contributed by atoms with Crippen LogP contribution in [0.15, 0.2) is 0 Å². The summed E-state index contributed by atoms with van der Waals surface area (Å²) in [5.74, 6) is 3.23. The molecule has 3 aliphatic rings. The minimum Gasteiger partial charge on any atom is -0.303 e. The van der Waals surface area contributed by atoms with Gasteiger partial charge in [0.05, 0.1) is 0 Å². The van der Waals surface area contributed by atoms with Crippen LogP contribution in [0.1, 0.15) is 64.2 Å². The van der Waals surface area contributed by atoms with Gasteiger partial charge in [-0.3, -0.25) is 0 Å². The number of nitrogens with zero attached hydrogens (tertiary/aromatic N) is 1. The smallest absolute Gasteiger partial charge is 0.000988 e. The van der Waals surface area contributed by atoms with Gasteiger partial charge in [0.1, 0.15) is 0 Å². The topological polar surface area (TPSA) is 3.24 Å². The van der Waals surface area contributed by atoms with Gasteiger partial charge < -0.3 is 4.90 Å². The number of rotatable bonds is 4. The number of hydrogen-bond donors (Lipinski definition) is 0. The van der Waals surface area contributed by atoms with Gasteiger partial charge in [-0.2, -0.15) is 0 Å². The summed E-state index contributed by atoms with van der Waals surface area (Å²) in [7, 11) is 0. The largest absolute Gasteiger partial charge is 0.303 e. The highest BCUT2D eigenvalue weighted by Gasteiger charge is 2.29. The van der Waals surface area contributed by atoms with Gasteiger partial charge in [-0.1, -0.05) is 32.1 Å². The van der Waals surface area contributed by atoms with E-state index in [2.05, 4.69) is 4.90 Å². The van der Waals surface area contributed by atoms with Crippen molar-refractivity contribution >= 4 is 0 Å². The maximum atomic E-state index is 2.81. The molecule has 0 aromatic rings. The van der Waals surface area contributed by atoms with Crippen molar-refractivity contribution < 1.29 is 0 Å². The van der Waals surface area contributed by atoms with Crippen molar-refractivity contribution in [1.29, 1.82) is 0 Å². The van der Waals surface area contributed by atoms with Crippen molar-refractivity contribution in [3.05, 3.63) is 0 Å². The molecule has 0 N–H and O–H groups in total. The molecule has 3 rings (SSSR count). The van der Waals surface area contributed by atoms with Crippen molar-refractivity contribution in [3.63, 3.8) is 0 Å². The highest BCUT2D eigenvalue weighted by Crippen LogP contribution is 2.38. The fourth-order valence-electron chi connectivity index (χ4n) is 4.07. The van der Waals surface area contributed by atoms with Crippen LogP contribution in [0.25, 0.3) is 0 Å². The first-order valence-electron chi connectivity index (χ1n) is 8.12. The van der Waals surface area contributed by atoms with E-state index in [1.54, 1.807) is 19.3 Å². The van der Waals surface area contributed by atoms with Gasteiger partial charge >= 0.3 is 0 Å². The van der Waals surface area contributed by atoms with Crippen LogP contribution in [0.4, 0.5) is 0 Å². The van der Waals surface area contributed by atoms with Gasteiger partial charge in [0.25, 0.3) is 0 Å². The molecule has 1 saturated heterocycles. The third-order valence-corrected chi connectivity index (χ3v) is 5.21. The quantitative estimate of drug-likeness (QED) is 0.710. The Morgan fingerprint density at radius 3 is 2.24 bits per heavy atom. The Morgan fingerprint density at radius 2 is 1.47 bits per heavy atom. The van der Waals surface area contributed by atoms with E-state index < -0.39 is 0 Å². The van der Waals surface area contributed by atoms with E-state index in [0.29, 0.717) is 0 Å². The molecule has 0 aromatic heterocycles. The second kappa shape index (κ2) is 5.73. The van der Waals surface area contributed by atoms with Gasteiger partial charge in [-0.25, -0.2) is 0 Å². The van der Waals surface area contributed by atoms with E-state index in [4.69, 9.17) is 0 Å². The number of piperidine rings is 1. The molecule has 2 saturated carbocycles. The molecule has 1 heteroatoms. The summed E-state index contributed by atoms with van der Waals surface area (Å²) in [5.41, 5.74) is 0. The Kier molecular flexibility index (Phi) is 4.05. The van der Waals surface area contributed by atoms with E-state index >= 15 is 0 Å². The standard InChI is InChI=1S/C16H29N/c1-2-5-15(6-3-1)12-17-10-4-7-16(13-17)11-14-8-9-14/h14-16H,1-13H2. The normalized spacial score (nSPS) is 32.8. The van der Waals surface area contributed by atoms with E-state index in [1.807, 2.05) is 0 Å². The molecule has 98 valence electrons. The van der Waals surface area contributed by atoms with E-state index in [-0.39, 0.29) is 0 Å². The SMILES string of the molecule is C1CCC(CN2CCCC(CC3CC3)C2)CC1. The Morgan fingerprint density at radius 1 is 0.706 bits per heavy atom. The zero-order chi connectivity index (χ0) is 11.5. The van der Waals surface area contributed by atoms with Crippen molar-refractivity contribution in [2.24, 2.45) is 17.8 Å². The van der Waals surface area contributed by atoms with Crippen LogP contribution in [0.2, 0.25) is 0 Å². The molecular formula is C16H29N. The molecule has 1 aliphatic heterocycles. The number of hydrogen-bond acceptors (Lipinski definition) is 1. The van der Waals surface area contributed by atoms with Gasteiger partial charge in [0.15, 0.2) is 0 Å². The fourth-order valence-corrected chi connectivity index (χ4v) is 4.07. The third-order valence-electron chi connectivity index (χ3n) is 5.21. The molecule has 17 heavy (non-hydrogen) atoms. The molecule has 0 spiro atoms. The molecule has 1 heterocycles. The molecule has 1 nitrogen and oxygen atoms in total. The minimum absolute atomic E-state index is 1.04. The van der Waals surface area contributed by atoms with Crippen LogP contribution >= 0.6 is 0 Å². The fraction of sp³-hybridized carbons (Fsp3) is 1.00. The Bertz CT molecular complexity index is 228. The van der Waals surface area contributed by atoms with Crippen molar-refractivity contribution in [3.8, 4) is 0 Å². The van der Waals surface area contributed by atoms with E-state index in [9.17, 15) is 0 Å². The summed E-state index contributed by atoms with van der Waals surface area (Å²) in [5, 5.41) is 0. The molecule has 1 unspecified atom stereocenters. The highest BCUT2D eigenvalue weighted by molar-refractivity contribution is 4.82. The van der Waals surface area contributed by atoms with Gasteiger partial charge in [-0.15, -0.1) is 0 Å². The van der Waals surface area contributed by atoms with Crippen LogP contribution in [-0.2, 0) is 0 Å². The lowest BCUT2D eigenvalue weighted by molar-refractivity contribution is 0.131. The first-order chi connectivity index (χ1) is 8.40. The average molecular weight is 235 g/mol. The summed E-state index contributed by atoms with van der Waals surface area (Å²) in [6.45, 7) is 4.27. The predicted molar refractivity (Wildman–Crippen MR) is 73.1 cm³/mol. The summed E-state index contributed by atoms with van der Waals surface area (Å²) in [4.78, 5) is 2.81. The Balaban J connectivity index is 1.42. The molecular weight excluding hydrogens is 206 g/mol. The summed E-state index contributed by atoms with van der Waals surface area (Å²) >= 11 is 0. The number of likely N-dealkylation sites (tertiary alicyclic amines) is 1. The van der Waals surface area contributed by atoms with Crippen molar-refractivity contribution in [1.82, 2.24) is 4.90 Å². The lowest BCUT2D eigenvalue weighted by atomic mass is 9.87. The zero-order valence-corrected chi connectivity index (χ0v) is 11.4. The van der Waals surface area contributed by atoms with Crippen LogP contribution in [-0.4, -0.2) is 24.5 Å². The Hall–Kier alpha value is -0.0400. The third kappa shape index (κ3) is 3.71. The lowest BCUT2D eigenvalue weighted by Crippen LogP contribution is -2.39. The monoisotopic (exact) mass is 235 g/mol. The van der Waals surface area contributed by atoms with Crippen LogP contribution in [0.5, 0.6) is 0 Å². The van der Waals surface area contributed by atoms with E-state index in [0.717, 1.165) is 17.8 Å². The maximum absolute atomic E-state index is 2.81. The molecule has 2 aliphatic carbocycles. The van der Waals surface area contributed by atoms with Crippen molar-refractivity contribution in [2.45, 2.75) is 64.2 Å². The molecule has 0 aromatic carbocycles. The average Bonchev–Trinajstić information content (AvgIpc) is 3.15. The first-order valence-corrected chi connectivity index (χ1v) is 8.12. The van der Waals surface area contributed by atoms with Crippen LogP contribution in [0, 0.1) is 17.8 Å². The molecule has 1 atom stereocenters. The van der Waals surface area contributed by atoms with Crippen LogP contribution in [0.3, 0.4) is 0 Å². The summed E-state index contributed by atoms with van der Waals surface area (Å²) in [6, 6.07) is 0. The van der Waals surface area contributed by atoms with Gasteiger partial charge in [0, 0.05) is 13.1 Å². The zero-order valence-electron chi connectivity index (χ0n) is 11.4. The highest BCUT2D eigenvalue weighted by atomic mass is 15.1. The maximum Gasteiger partial charge on any atom is 0.000988 e. The van der Waals surface area contributed by atoms with Gasteiger partial charge in [0.2, 0.25) is 0 Å². The van der Waals surface area contributed by atoms with Crippen molar-refractivity contribution in [2.75, 3.05) is 19.6 Å². The summed E-state index contributed by atoms with van der Waals surface area (Å²) < 4.78 is 0. The first kappa shape index (κ1) is 12.0. The van der Waals surface area contributed by atoms with E-state index in [1.165, 1.54) is 64.6 Å². The lowest BCUT2D eigenvalue weighted by Gasteiger charge is -2.36. The van der Waals surface area contributed by atoms with Crippen LogP contribution < -0.4 is 0 Å². The Labute approximate surface area is 107 Å². The molecule has 0 amide bonds. The molecule has 0 radical (unpaired) electrons. The second-order valence-corrected chi connectivity index (χ2v) is 6.95. The minimum atomic E-state index is 1.04.